The van der Waals surface area contributed by atoms with Gasteiger partial charge in [0.05, 0.1) is 10.6 Å². The van der Waals surface area contributed by atoms with Gasteiger partial charge in [-0.25, -0.2) is 4.39 Å². The van der Waals surface area contributed by atoms with Gasteiger partial charge in [0.2, 0.25) is 0 Å². The van der Waals surface area contributed by atoms with E-state index in [1.54, 1.807) is 6.07 Å². The Balaban J connectivity index is 2.91. The summed E-state index contributed by atoms with van der Waals surface area (Å²) in [5, 5.41) is 3.18. The van der Waals surface area contributed by atoms with Crippen LogP contribution in [0.3, 0.4) is 0 Å². The van der Waals surface area contributed by atoms with Gasteiger partial charge in [-0.3, -0.25) is 0 Å². The van der Waals surface area contributed by atoms with E-state index < -0.39 is 0 Å². The molecule has 1 rings (SSSR count). The van der Waals surface area contributed by atoms with Crippen molar-refractivity contribution in [1.29, 1.82) is 0 Å². The average molecular weight is 319 g/mol. The number of ether oxygens (including phenoxy) is 1. The molecule has 0 spiro atoms. The quantitative estimate of drug-likeness (QED) is 0.812. The number of rotatable bonds is 7. The molecule has 1 aromatic rings. The number of halogens is 2. The minimum atomic E-state index is -0.276. The number of nitrogens with two attached hydrogens (primary N) is 1. The van der Waals surface area contributed by atoms with Crippen LogP contribution < -0.4 is 15.8 Å². The lowest BCUT2D eigenvalue weighted by Crippen LogP contribution is -2.19. The zero-order valence-electron chi connectivity index (χ0n) is 10.8. The molecule has 0 heterocycles. The lowest BCUT2D eigenvalue weighted by atomic mass is 10.2. The van der Waals surface area contributed by atoms with Gasteiger partial charge in [0.1, 0.15) is 11.6 Å². The van der Waals surface area contributed by atoms with Crippen molar-refractivity contribution in [3.63, 3.8) is 0 Å². The first-order valence-corrected chi connectivity index (χ1v) is 6.93. The van der Waals surface area contributed by atoms with E-state index in [-0.39, 0.29) is 11.9 Å². The van der Waals surface area contributed by atoms with Crippen LogP contribution in [0.25, 0.3) is 0 Å². The maximum absolute atomic E-state index is 13.5. The van der Waals surface area contributed by atoms with Crippen molar-refractivity contribution in [2.75, 3.05) is 13.1 Å². The van der Waals surface area contributed by atoms with E-state index in [9.17, 15) is 4.39 Å². The van der Waals surface area contributed by atoms with Gasteiger partial charge in [-0.15, -0.1) is 0 Å². The molecule has 3 N–H and O–H groups in total. The molecule has 0 aromatic heterocycles. The van der Waals surface area contributed by atoms with Crippen molar-refractivity contribution in [2.24, 2.45) is 5.73 Å². The Morgan fingerprint density at radius 3 is 2.83 bits per heavy atom. The molecule has 0 radical (unpaired) electrons. The Bertz CT molecular complexity index is 387. The SMILES string of the molecule is CCNCc1c(O[C@@H](C)CCN)ccc(F)c1Br. The molecule has 18 heavy (non-hydrogen) atoms. The summed E-state index contributed by atoms with van der Waals surface area (Å²) in [6.07, 6.45) is 0.795. The maximum Gasteiger partial charge on any atom is 0.137 e. The van der Waals surface area contributed by atoms with Gasteiger partial charge in [-0.05, 0) is 54.5 Å². The van der Waals surface area contributed by atoms with Crippen molar-refractivity contribution in [3.8, 4) is 5.75 Å². The monoisotopic (exact) mass is 318 g/mol. The molecule has 102 valence electrons. The Morgan fingerprint density at radius 2 is 2.22 bits per heavy atom. The van der Waals surface area contributed by atoms with Gasteiger partial charge < -0.3 is 15.8 Å². The first-order valence-electron chi connectivity index (χ1n) is 6.14. The van der Waals surface area contributed by atoms with Crippen LogP contribution in [-0.4, -0.2) is 19.2 Å². The predicted octanol–water partition coefficient (Wildman–Crippen LogP) is 2.81. The molecule has 0 saturated heterocycles. The molecule has 0 aliphatic carbocycles. The first kappa shape index (κ1) is 15.4. The average Bonchev–Trinajstić information content (AvgIpc) is 2.34. The fraction of sp³-hybridized carbons (Fsp3) is 0.538. The summed E-state index contributed by atoms with van der Waals surface area (Å²) < 4.78 is 19.8. The summed E-state index contributed by atoms with van der Waals surface area (Å²) in [4.78, 5) is 0. The van der Waals surface area contributed by atoms with Gasteiger partial charge in [0, 0.05) is 12.1 Å². The summed E-state index contributed by atoms with van der Waals surface area (Å²) >= 11 is 3.27. The van der Waals surface area contributed by atoms with E-state index in [1.165, 1.54) is 6.07 Å². The third kappa shape index (κ3) is 4.23. The third-order valence-corrected chi connectivity index (χ3v) is 3.46. The summed E-state index contributed by atoms with van der Waals surface area (Å²) in [5.41, 5.74) is 6.30. The zero-order chi connectivity index (χ0) is 13.5. The van der Waals surface area contributed by atoms with Crippen LogP contribution in [0.1, 0.15) is 25.8 Å². The van der Waals surface area contributed by atoms with E-state index >= 15 is 0 Å². The van der Waals surface area contributed by atoms with Crippen molar-refractivity contribution < 1.29 is 9.13 Å². The Kier molecular flexibility index (Phi) is 6.60. The van der Waals surface area contributed by atoms with Gasteiger partial charge in [-0.2, -0.15) is 0 Å². The Labute approximate surface area is 116 Å². The van der Waals surface area contributed by atoms with E-state index in [4.69, 9.17) is 10.5 Å². The molecule has 1 atom stereocenters. The smallest absolute Gasteiger partial charge is 0.137 e. The van der Waals surface area contributed by atoms with Crippen molar-refractivity contribution in [2.45, 2.75) is 32.9 Å². The molecule has 1 aromatic carbocycles. The van der Waals surface area contributed by atoms with Crippen LogP contribution in [0.2, 0.25) is 0 Å². The van der Waals surface area contributed by atoms with Crippen LogP contribution >= 0.6 is 15.9 Å². The summed E-state index contributed by atoms with van der Waals surface area (Å²) in [6.45, 7) is 5.93. The highest BCUT2D eigenvalue weighted by molar-refractivity contribution is 9.10. The van der Waals surface area contributed by atoms with Crippen LogP contribution in [-0.2, 0) is 6.54 Å². The van der Waals surface area contributed by atoms with Gasteiger partial charge in [0.15, 0.2) is 0 Å². The van der Waals surface area contributed by atoms with Crippen LogP contribution in [0.5, 0.6) is 5.75 Å². The Morgan fingerprint density at radius 1 is 1.50 bits per heavy atom. The van der Waals surface area contributed by atoms with E-state index in [1.807, 2.05) is 13.8 Å². The molecule has 0 amide bonds. The highest BCUT2D eigenvalue weighted by Crippen LogP contribution is 2.30. The molecule has 0 aliphatic rings. The summed E-state index contributed by atoms with van der Waals surface area (Å²) in [6, 6.07) is 3.07. The molecule has 0 unspecified atom stereocenters. The second-order valence-corrected chi connectivity index (χ2v) is 4.92. The Hall–Kier alpha value is -0.650. The summed E-state index contributed by atoms with van der Waals surface area (Å²) in [5.74, 6) is 0.423. The standard InChI is InChI=1S/C13H20BrFN2O/c1-3-17-8-10-12(18-9(2)6-7-16)5-4-11(15)13(10)14/h4-5,9,17H,3,6-8,16H2,1-2H3/t9-/m0/s1. The van der Waals surface area contributed by atoms with Crippen molar-refractivity contribution in [3.05, 3.63) is 28.0 Å². The summed E-state index contributed by atoms with van der Waals surface area (Å²) in [7, 11) is 0. The molecular weight excluding hydrogens is 299 g/mol. The van der Waals surface area contributed by atoms with E-state index in [0.717, 1.165) is 18.5 Å². The van der Waals surface area contributed by atoms with Crippen molar-refractivity contribution >= 4 is 15.9 Å². The van der Waals surface area contributed by atoms with Gasteiger partial charge in [0.25, 0.3) is 0 Å². The third-order valence-electron chi connectivity index (χ3n) is 2.61. The minimum absolute atomic E-state index is 0.0211. The highest BCUT2D eigenvalue weighted by Gasteiger charge is 2.14. The highest BCUT2D eigenvalue weighted by atomic mass is 79.9. The first-order chi connectivity index (χ1) is 8.60. The topological polar surface area (TPSA) is 47.3 Å². The number of hydrogen-bond acceptors (Lipinski definition) is 3. The molecule has 3 nitrogen and oxygen atoms in total. The lowest BCUT2D eigenvalue weighted by Gasteiger charge is -2.18. The second-order valence-electron chi connectivity index (χ2n) is 4.12. The van der Waals surface area contributed by atoms with Gasteiger partial charge in [-0.1, -0.05) is 6.92 Å². The predicted molar refractivity (Wildman–Crippen MR) is 75.2 cm³/mol. The van der Waals surface area contributed by atoms with Crippen LogP contribution in [0.15, 0.2) is 16.6 Å². The molecule has 0 aliphatic heterocycles. The van der Waals surface area contributed by atoms with Gasteiger partial charge >= 0.3 is 0 Å². The van der Waals surface area contributed by atoms with Crippen LogP contribution in [0.4, 0.5) is 4.39 Å². The maximum atomic E-state index is 13.5. The lowest BCUT2D eigenvalue weighted by molar-refractivity contribution is 0.211. The number of nitrogens with one attached hydrogen (secondary N) is 1. The second kappa shape index (κ2) is 7.71. The van der Waals surface area contributed by atoms with E-state index in [2.05, 4.69) is 21.2 Å². The molecule has 0 bridgehead atoms. The zero-order valence-corrected chi connectivity index (χ0v) is 12.4. The minimum Gasteiger partial charge on any atom is -0.490 e. The molecule has 0 fully saturated rings. The van der Waals surface area contributed by atoms with E-state index in [0.29, 0.717) is 23.3 Å². The molecule has 0 saturated carbocycles. The molecular formula is C13H20BrFN2O. The van der Waals surface area contributed by atoms with Crippen molar-refractivity contribution in [1.82, 2.24) is 5.32 Å². The fourth-order valence-electron chi connectivity index (χ4n) is 1.61. The number of hydrogen-bond donors (Lipinski definition) is 2. The fourth-order valence-corrected chi connectivity index (χ4v) is 2.08. The largest absolute Gasteiger partial charge is 0.490 e. The van der Waals surface area contributed by atoms with Crippen LogP contribution in [0, 0.1) is 5.82 Å². The molecule has 5 heteroatoms. The number of benzene rings is 1. The normalized spacial score (nSPS) is 12.5.